The van der Waals surface area contributed by atoms with Crippen LogP contribution in [0.2, 0.25) is 0 Å². The lowest BCUT2D eigenvalue weighted by atomic mass is 9.88. The highest BCUT2D eigenvalue weighted by molar-refractivity contribution is 5.87. The van der Waals surface area contributed by atoms with Crippen molar-refractivity contribution in [3.8, 4) is 0 Å². The van der Waals surface area contributed by atoms with E-state index in [4.69, 9.17) is 9.47 Å². The largest absolute Gasteiger partial charge is 0.459 e. The van der Waals surface area contributed by atoms with Crippen molar-refractivity contribution in [1.82, 2.24) is 5.32 Å². The minimum absolute atomic E-state index is 0.0164. The Morgan fingerprint density at radius 1 is 1.45 bits per heavy atom. The summed E-state index contributed by atoms with van der Waals surface area (Å²) in [5.41, 5.74) is 0. The first-order valence-electron chi connectivity index (χ1n) is 7.75. The lowest BCUT2D eigenvalue weighted by Gasteiger charge is -2.39. The Morgan fingerprint density at radius 2 is 2.14 bits per heavy atom. The topological polar surface area (TPSA) is 64.6 Å². The molecule has 1 amide bonds. The summed E-state index contributed by atoms with van der Waals surface area (Å²) in [6.07, 6.45) is 6.25. The Kier molecular flexibility index (Phi) is 7.32. The molecular weight excluding hydrogens is 282 g/mol. The van der Waals surface area contributed by atoms with Crippen molar-refractivity contribution in [3.05, 3.63) is 24.8 Å². The summed E-state index contributed by atoms with van der Waals surface area (Å²) in [7, 11) is 0. The number of hydrogen-bond donors (Lipinski definition) is 1. The van der Waals surface area contributed by atoms with Crippen LogP contribution < -0.4 is 5.32 Å². The van der Waals surface area contributed by atoms with Crippen LogP contribution in [-0.4, -0.2) is 36.2 Å². The first-order chi connectivity index (χ1) is 10.3. The minimum atomic E-state index is -0.417. The van der Waals surface area contributed by atoms with Crippen LogP contribution >= 0.6 is 0 Å². The maximum Gasteiger partial charge on any atom is 0.303 e. The highest BCUT2D eigenvalue weighted by Crippen LogP contribution is 2.27. The molecule has 5 nitrogen and oxygen atoms in total. The number of esters is 1. The van der Waals surface area contributed by atoms with Gasteiger partial charge >= 0.3 is 5.97 Å². The molecule has 0 aromatic heterocycles. The molecule has 0 saturated carbocycles. The quantitative estimate of drug-likeness (QED) is 0.465. The Hall–Kier alpha value is -1.62. The lowest BCUT2D eigenvalue weighted by Crippen LogP contribution is -2.50. The highest BCUT2D eigenvalue weighted by Gasteiger charge is 2.33. The van der Waals surface area contributed by atoms with Gasteiger partial charge < -0.3 is 14.8 Å². The van der Waals surface area contributed by atoms with Gasteiger partial charge in [-0.25, -0.2) is 0 Å². The normalized spacial score (nSPS) is 29.8. The average molecular weight is 309 g/mol. The van der Waals surface area contributed by atoms with Gasteiger partial charge in [-0.3, -0.25) is 9.59 Å². The maximum atomic E-state index is 12.0. The molecule has 124 valence electrons. The standard InChI is InChI=1S/C17H27NO4/c1-6-7-16-11(2)10-15(13(4)22-16)18-17(20)9-8-12(3)21-14(5)19/h6,8-9,11-13,15-16H,1,7,10H2,2-5H3,(H,18,20)/b9-8-/t11-,12-,13+,15+,16-/m0/s1. The van der Waals surface area contributed by atoms with Gasteiger partial charge in [0.05, 0.1) is 18.2 Å². The van der Waals surface area contributed by atoms with E-state index in [2.05, 4.69) is 18.8 Å². The van der Waals surface area contributed by atoms with E-state index < -0.39 is 6.10 Å². The van der Waals surface area contributed by atoms with Crippen LogP contribution in [0, 0.1) is 5.92 Å². The van der Waals surface area contributed by atoms with Crippen molar-refractivity contribution < 1.29 is 19.1 Å². The zero-order valence-electron chi connectivity index (χ0n) is 13.9. The molecule has 0 spiro atoms. The van der Waals surface area contributed by atoms with E-state index in [-0.39, 0.29) is 30.1 Å². The predicted molar refractivity (Wildman–Crippen MR) is 85.2 cm³/mol. The molecule has 1 aliphatic rings. The fourth-order valence-corrected chi connectivity index (χ4v) is 2.63. The van der Waals surface area contributed by atoms with E-state index in [1.54, 1.807) is 13.0 Å². The molecule has 5 heteroatoms. The zero-order valence-corrected chi connectivity index (χ0v) is 13.9. The average Bonchev–Trinajstić information content (AvgIpc) is 2.41. The van der Waals surface area contributed by atoms with Gasteiger partial charge in [-0.05, 0) is 38.7 Å². The van der Waals surface area contributed by atoms with Crippen molar-refractivity contribution in [2.45, 2.75) is 64.9 Å². The van der Waals surface area contributed by atoms with Crippen LogP contribution in [0.15, 0.2) is 24.8 Å². The number of hydrogen-bond acceptors (Lipinski definition) is 4. The second-order valence-electron chi connectivity index (χ2n) is 5.91. The molecule has 1 rings (SSSR count). The number of nitrogens with one attached hydrogen (secondary N) is 1. The number of carbonyl (C=O) groups is 2. The zero-order chi connectivity index (χ0) is 16.7. The van der Waals surface area contributed by atoms with E-state index in [0.717, 1.165) is 12.8 Å². The summed E-state index contributed by atoms with van der Waals surface area (Å²) >= 11 is 0. The lowest BCUT2D eigenvalue weighted by molar-refractivity contribution is -0.143. The van der Waals surface area contributed by atoms with Crippen LogP contribution in [0.1, 0.15) is 40.5 Å². The number of carbonyl (C=O) groups excluding carboxylic acids is 2. The third-order valence-corrected chi connectivity index (χ3v) is 3.81. The summed E-state index contributed by atoms with van der Waals surface area (Å²) < 4.78 is 10.9. The first-order valence-corrected chi connectivity index (χ1v) is 7.75. The molecule has 0 radical (unpaired) electrons. The summed E-state index contributed by atoms with van der Waals surface area (Å²) in [4.78, 5) is 22.7. The molecule has 1 aliphatic heterocycles. The second kappa shape index (κ2) is 8.73. The number of rotatable bonds is 6. The van der Waals surface area contributed by atoms with Crippen LogP contribution in [0.5, 0.6) is 0 Å². The third kappa shape index (κ3) is 6.02. The molecule has 1 N–H and O–H groups in total. The van der Waals surface area contributed by atoms with Crippen LogP contribution in [0.3, 0.4) is 0 Å². The van der Waals surface area contributed by atoms with Gasteiger partial charge in [0, 0.05) is 13.0 Å². The molecule has 5 atom stereocenters. The molecule has 0 aromatic rings. The molecular formula is C17H27NO4. The van der Waals surface area contributed by atoms with Crippen LogP contribution in [0.25, 0.3) is 0 Å². The van der Waals surface area contributed by atoms with E-state index in [9.17, 15) is 9.59 Å². The summed E-state index contributed by atoms with van der Waals surface area (Å²) in [6, 6.07) is -0.0164. The number of amides is 1. The second-order valence-corrected chi connectivity index (χ2v) is 5.91. The molecule has 1 fully saturated rings. The van der Waals surface area contributed by atoms with E-state index in [1.807, 2.05) is 13.0 Å². The van der Waals surface area contributed by atoms with Gasteiger partial charge in [-0.2, -0.15) is 0 Å². The molecule has 22 heavy (non-hydrogen) atoms. The Morgan fingerprint density at radius 3 is 2.73 bits per heavy atom. The van der Waals surface area contributed by atoms with Crippen LogP contribution in [-0.2, 0) is 19.1 Å². The predicted octanol–water partition coefficient (Wildman–Crippen LogP) is 2.37. The smallest absolute Gasteiger partial charge is 0.303 e. The molecule has 0 unspecified atom stereocenters. The van der Waals surface area contributed by atoms with Crippen molar-refractivity contribution in [1.29, 1.82) is 0 Å². The van der Waals surface area contributed by atoms with Crippen LogP contribution in [0.4, 0.5) is 0 Å². The van der Waals surface area contributed by atoms with Gasteiger partial charge in [-0.1, -0.05) is 13.0 Å². The molecule has 0 aromatic carbocycles. The summed E-state index contributed by atoms with van der Waals surface area (Å²) in [5.74, 6) is -0.203. The van der Waals surface area contributed by atoms with Crippen molar-refractivity contribution in [3.63, 3.8) is 0 Å². The van der Waals surface area contributed by atoms with Gasteiger partial charge in [0.2, 0.25) is 5.91 Å². The maximum absolute atomic E-state index is 12.0. The van der Waals surface area contributed by atoms with Gasteiger partial charge in [0.25, 0.3) is 0 Å². The van der Waals surface area contributed by atoms with Crippen molar-refractivity contribution in [2.24, 2.45) is 5.92 Å². The fraction of sp³-hybridized carbons (Fsp3) is 0.647. The Labute approximate surface area is 132 Å². The summed E-state index contributed by atoms with van der Waals surface area (Å²) in [5, 5.41) is 2.95. The van der Waals surface area contributed by atoms with Crippen molar-refractivity contribution >= 4 is 11.9 Å². The highest BCUT2D eigenvalue weighted by atomic mass is 16.5. The van der Waals surface area contributed by atoms with Crippen molar-refractivity contribution in [2.75, 3.05) is 0 Å². The van der Waals surface area contributed by atoms with Gasteiger partial charge in [0.15, 0.2) is 0 Å². The molecule has 0 aliphatic carbocycles. The third-order valence-electron chi connectivity index (χ3n) is 3.81. The van der Waals surface area contributed by atoms with Gasteiger partial charge in [-0.15, -0.1) is 6.58 Å². The van der Waals surface area contributed by atoms with E-state index in [1.165, 1.54) is 13.0 Å². The van der Waals surface area contributed by atoms with E-state index >= 15 is 0 Å². The fourth-order valence-electron chi connectivity index (χ4n) is 2.63. The SMILES string of the molecule is C=CC[C@@H]1O[C@H](C)[C@H](NC(=O)/C=C\[C@H](C)OC(C)=O)C[C@@H]1C. The molecule has 0 bridgehead atoms. The van der Waals surface area contributed by atoms with E-state index in [0.29, 0.717) is 5.92 Å². The summed E-state index contributed by atoms with van der Waals surface area (Å²) in [6.45, 7) is 10.9. The monoisotopic (exact) mass is 309 g/mol. The minimum Gasteiger partial charge on any atom is -0.459 e. The molecule has 1 heterocycles. The Balaban J connectivity index is 2.49. The number of ether oxygens (including phenoxy) is 2. The Bertz CT molecular complexity index is 432. The first kappa shape index (κ1) is 18.4. The van der Waals surface area contributed by atoms with Gasteiger partial charge in [0.1, 0.15) is 6.10 Å². The molecule has 1 saturated heterocycles.